The highest BCUT2D eigenvalue weighted by Gasteiger charge is 2.09. The van der Waals surface area contributed by atoms with Gasteiger partial charge in [-0.25, -0.2) is 0 Å². The van der Waals surface area contributed by atoms with Crippen molar-refractivity contribution in [3.05, 3.63) is 72.6 Å². The summed E-state index contributed by atoms with van der Waals surface area (Å²) in [7, 11) is 0. The zero-order valence-corrected chi connectivity index (χ0v) is 14.5. The van der Waals surface area contributed by atoms with Crippen LogP contribution < -0.4 is 10.6 Å². The zero-order valence-electron chi connectivity index (χ0n) is 14.5. The fraction of sp³-hybridized carbons (Fsp3) is 0.238. The summed E-state index contributed by atoms with van der Waals surface area (Å²) in [6.07, 6.45) is 4.67. The van der Waals surface area contributed by atoms with Crippen LogP contribution in [0.2, 0.25) is 0 Å². The van der Waals surface area contributed by atoms with E-state index < -0.39 is 0 Å². The number of carbonyl (C=O) groups excluding carboxylic acids is 2. The number of Topliss-reactive ketones (excluding diaryl/α,β-unsaturated/α-hetero) is 1. The van der Waals surface area contributed by atoms with E-state index in [-0.39, 0.29) is 24.5 Å². The van der Waals surface area contributed by atoms with Crippen molar-refractivity contribution >= 4 is 11.7 Å². The SMILES string of the molecule is CCCN/C=C/NC(=O)CCC(=O)c1ccc(-c2ccccc2)cc1. The van der Waals surface area contributed by atoms with Gasteiger partial charge in [0.25, 0.3) is 0 Å². The highest BCUT2D eigenvalue weighted by molar-refractivity contribution is 5.98. The molecule has 130 valence electrons. The van der Waals surface area contributed by atoms with Crippen molar-refractivity contribution < 1.29 is 9.59 Å². The lowest BCUT2D eigenvalue weighted by atomic mass is 10.0. The third-order valence-corrected chi connectivity index (χ3v) is 3.73. The van der Waals surface area contributed by atoms with E-state index in [2.05, 4.69) is 17.6 Å². The van der Waals surface area contributed by atoms with Crippen molar-refractivity contribution in [1.29, 1.82) is 0 Å². The molecule has 0 saturated carbocycles. The Labute approximate surface area is 149 Å². The lowest BCUT2D eigenvalue weighted by molar-refractivity contribution is -0.120. The number of nitrogens with one attached hydrogen (secondary N) is 2. The summed E-state index contributed by atoms with van der Waals surface area (Å²) in [6.45, 7) is 2.93. The van der Waals surface area contributed by atoms with Gasteiger partial charge in [-0.05, 0) is 17.5 Å². The fourth-order valence-corrected chi connectivity index (χ4v) is 2.34. The minimum atomic E-state index is -0.163. The van der Waals surface area contributed by atoms with Gasteiger partial charge in [0.15, 0.2) is 5.78 Å². The largest absolute Gasteiger partial charge is 0.390 e. The predicted octanol–water partition coefficient (Wildman–Crippen LogP) is 3.90. The molecule has 0 fully saturated rings. The van der Waals surface area contributed by atoms with Crippen LogP contribution in [-0.2, 0) is 4.79 Å². The standard InChI is InChI=1S/C21H24N2O2/c1-2-14-22-15-16-23-21(25)13-12-20(24)19-10-8-18(9-11-19)17-6-4-3-5-7-17/h3-11,15-16,22H,2,12-14H2,1H3,(H,23,25)/b16-15+. The quantitative estimate of drug-likeness (QED) is 0.539. The number of hydrogen-bond acceptors (Lipinski definition) is 3. The highest BCUT2D eigenvalue weighted by Crippen LogP contribution is 2.19. The van der Waals surface area contributed by atoms with Crippen molar-refractivity contribution in [3.63, 3.8) is 0 Å². The third kappa shape index (κ3) is 6.26. The summed E-state index contributed by atoms with van der Waals surface area (Å²) in [6, 6.07) is 17.5. The van der Waals surface area contributed by atoms with Gasteiger partial charge in [-0.2, -0.15) is 0 Å². The van der Waals surface area contributed by atoms with Crippen LogP contribution in [0.15, 0.2) is 67.0 Å². The molecule has 2 aromatic rings. The van der Waals surface area contributed by atoms with Crippen molar-refractivity contribution in [2.24, 2.45) is 0 Å². The molecular weight excluding hydrogens is 312 g/mol. The lowest BCUT2D eigenvalue weighted by Crippen LogP contribution is -2.19. The summed E-state index contributed by atoms with van der Waals surface area (Å²) < 4.78 is 0. The summed E-state index contributed by atoms with van der Waals surface area (Å²) >= 11 is 0. The van der Waals surface area contributed by atoms with E-state index in [1.807, 2.05) is 54.6 Å². The molecule has 0 aliphatic heterocycles. The van der Waals surface area contributed by atoms with Gasteiger partial charge >= 0.3 is 0 Å². The molecule has 0 aliphatic carbocycles. The molecule has 4 nitrogen and oxygen atoms in total. The van der Waals surface area contributed by atoms with Crippen molar-refractivity contribution in [1.82, 2.24) is 10.6 Å². The molecule has 0 aromatic heterocycles. The van der Waals surface area contributed by atoms with Crippen LogP contribution in [0.1, 0.15) is 36.5 Å². The van der Waals surface area contributed by atoms with Gasteiger partial charge in [0.2, 0.25) is 5.91 Å². The maximum absolute atomic E-state index is 12.2. The summed E-state index contributed by atoms with van der Waals surface area (Å²) in [5.41, 5.74) is 2.82. The molecule has 2 N–H and O–H groups in total. The molecule has 2 aromatic carbocycles. The van der Waals surface area contributed by atoms with Gasteiger partial charge in [0.1, 0.15) is 0 Å². The molecule has 0 spiro atoms. The van der Waals surface area contributed by atoms with Gasteiger partial charge in [-0.15, -0.1) is 0 Å². The second-order valence-corrected chi connectivity index (χ2v) is 5.72. The monoisotopic (exact) mass is 336 g/mol. The number of carbonyl (C=O) groups is 2. The van der Waals surface area contributed by atoms with Crippen LogP contribution in [0.25, 0.3) is 11.1 Å². The first-order chi connectivity index (χ1) is 12.2. The van der Waals surface area contributed by atoms with Crippen LogP contribution in [0, 0.1) is 0 Å². The normalized spacial score (nSPS) is 10.6. The first-order valence-electron chi connectivity index (χ1n) is 8.57. The van der Waals surface area contributed by atoms with Crippen LogP contribution in [0.3, 0.4) is 0 Å². The van der Waals surface area contributed by atoms with E-state index in [9.17, 15) is 9.59 Å². The zero-order chi connectivity index (χ0) is 17.9. The number of ketones is 1. The van der Waals surface area contributed by atoms with Crippen LogP contribution >= 0.6 is 0 Å². The molecule has 0 unspecified atom stereocenters. The van der Waals surface area contributed by atoms with E-state index in [0.717, 1.165) is 24.1 Å². The Morgan fingerprint density at radius 3 is 2.24 bits per heavy atom. The predicted molar refractivity (Wildman–Crippen MR) is 101 cm³/mol. The Kier molecular flexibility index (Phi) is 7.44. The van der Waals surface area contributed by atoms with E-state index >= 15 is 0 Å². The molecule has 25 heavy (non-hydrogen) atoms. The summed E-state index contributed by atoms with van der Waals surface area (Å²) in [5, 5.41) is 5.68. The van der Waals surface area contributed by atoms with E-state index in [0.29, 0.717) is 5.56 Å². The van der Waals surface area contributed by atoms with Gasteiger partial charge in [0, 0.05) is 37.3 Å². The van der Waals surface area contributed by atoms with Crippen molar-refractivity contribution in [2.45, 2.75) is 26.2 Å². The Balaban J connectivity index is 1.81. The molecule has 0 radical (unpaired) electrons. The average molecular weight is 336 g/mol. The van der Waals surface area contributed by atoms with Gasteiger partial charge in [0.05, 0.1) is 0 Å². The Morgan fingerprint density at radius 1 is 0.880 bits per heavy atom. The average Bonchev–Trinajstić information content (AvgIpc) is 2.67. The van der Waals surface area contributed by atoms with E-state index in [1.165, 1.54) is 0 Å². The minimum absolute atomic E-state index is 0.0251. The fourth-order valence-electron chi connectivity index (χ4n) is 2.34. The Morgan fingerprint density at radius 2 is 1.56 bits per heavy atom. The van der Waals surface area contributed by atoms with Crippen LogP contribution in [0.5, 0.6) is 0 Å². The first-order valence-corrected chi connectivity index (χ1v) is 8.57. The molecule has 0 bridgehead atoms. The number of amides is 1. The summed E-state index contributed by atoms with van der Waals surface area (Å²) in [5.74, 6) is -0.188. The molecule has 0 aliphatic rings. The highest BCUT2D eigenvalue weighted by atomic mass is 16.2. The number of hydrogen-bond donors (Lipinski definition) is 2. The Bertz CT molecular complexity index is 706. The molecule has 0 heterocycles. The van der Waals surface area contributed by atoms with Gasteiger partial charge in [-0.1, -0.05) is 61.5 Å². The Hall–Kier alpha value is -2.88. The lowest BCUT2D eigenvalue weighted by Gasteiger charge is -2.04. The smallest absolute Gasteiger partial charge is 0.224 e. The minimum Gasteiger partial charge on any atom is -0.390 e. The van der Waals surface area contributed by atoms with Crippen molar-refractivity contribution in [2.75, 3.05) is 6.54 Å². The molecule has 0 atom stereocenters. The maximum atomic E-state index is 12.2. The maximum Gasteiger partial charge on any atom is 0.224 e. The topological polar surface area (TPSA) is 58.2 Å². The second-order valence-electron chi connectivity index (χ2n) is 5.72. The third-order valence-electron chi connectivity index (χ3n) is 3.73. The molecule has 1 amide bonds. The molecular formula is C21H24N2O2. The molecule has 2 rings (SSSR count). The number of benzene rings is 2. The van der Waals surface area contributed by atoms with Gasteiger partial charge in [-0.3, -0.25) is 9.59 Å². The van der Waals surface area contributed by atoms with Crippen molar-refractivity contribution in [3.8, 4) is 11.1 Å². The molecule has 4 heteroatoms. The first kappa shape index (κ1) is 18.5. The van der Waals surface area contributed by atoms with Crippen LogP contribution in [-0.4, -0.2) is 18.2 Å². The van der Waals surface area contributed by atoms with Crippen LogP contribution in [0.4, 0.5) is 0 Å². The molecule has 0 saturated heterocycles. The second kappa shape index (κ2) is 10.1. The van der Waals surface area contributed by atoms with Gasteiger partial charge < -0.3 is 10.6 Å². The number of rotatable bonds is 9. The summed E-state index contributed by atoms with van der Waals surface area (Å²) in [4.78, 5) is 23.9. The van der Waals surface area contributed by atoms with E-state index in [4.69, 9.17) is 0 Å². The van der Waals surface area contributed by atoms with E-state index in [1.54, 1.807) is 12.4 Å².